The lowest BCUT2D eigenvalue weighted by molar-refractivity contribution is 0.0927. The van der Waals surface area contributed by atoms with Crippen LogP contribution in [0, 0.1) is 0 Å². The molecule has 0 bridgehead atoms. The smallest absolute Gasteiger partial charge is 0.251 e. The summed E-state index contributed by atoms with van der Waals surface area (Å²) in [6.45, 7) is 2.81. The third-order valence-electron chi connectivity index (χ3n) is 4.14. The van der Waals surface area contributed by atoms with E-state index in [0.717, 1.165) is 43.3 Å². The highest BCUT2D eigenvalue weighted by Crippen LogP contribution is 2.16. The van der Waals surface area contributed by atoms with Crippen molar-refractivity contribution < 1.29 is 4.79 Å². The van der Waals surface area contributed by atoms with Crippen LogP contribution in [-0.2, 0) is 19.4 Å². The van der Waals surface area contributed by atoms with Gasteiger partial charge in [0.25, 0.3) is 5.91 Å². The van der Waals surface area contributed by atoms with Crippen LogP contribution >= 0.6 is 0 Å². The van der Waals surface area contributed by atoms with Gasteiger partial charge in [-0.3, -0.25) is 4.79 Å². The van der Waals surface area contributed by atoms with Gasteiger partial charge in [0, 0.05) is 51.3 Å². The van der Waals surface area contributed by atoms with Crippen LogP contribution in [0.2, 0.25) is 0 Å². The Hall–Kier alpha value is -2.44. The monoisotopic (exact) mass is 314 g/mol. The molecule has 3 heterocycles. The van der Waals surface area contributed by atoms with Gasteiger partial charge in [0.1, 0.15) is 17.5 Å². The van der Waals surface area contributed by atoms with Gasteiger partial charge in [0.2, 0.25) is 0 Å². The van der Waals surface area contributed by atoms with E-state index in [2.05, 4.69) is 32.0 Å². The van der Waals surface area contributed by atoms with Gasteiger partial charge >= 0.3 is 0 Å². The zero-order valence-electron chi connectivity index (χ0n) is 13.8. The third-order valence-corrected chi connectivity index (χ3v) is 4.14. The highest BCUT2D eigenvalue weighted by molar-refractivity contribution is 5.95. The summed E-state index contributed by atoms with van der Waals surface area (Å²) in [5, 5.41) is 11.5. The van der Waals surface area contributed by atoms with E-state index in [4.69, 9.17) is 0 Å². The van der Waals surface area contributed by atoms with Gasteiger partial charge in [-0.15, -0.1) is 10.2 Å². The summed E-state index contributed by atoms with van der Waals surface area (Å²) < 4.78 is 2.13. The maximum atomic E-state index is 12.5. The first-order valence-electron chi connectivity index (χ1n) is 7.93. The number of carbonyl (C=O) groups excluding carboxylic acids is 1. The van der Waals surface area contributed by atoms with Crippen LogP contribution in [0.25, 0.3) is 0 Å². The first kappa shape index (κ1) is 15.5. The van der Waals surface area contributed by atoms with Crippen LogP contribution in [0.5, 0.6) is 0 Å². The van der Waals surface area contributed by atoms with E-state index < -0.39 is 0 Å². The lowest BCUT2D eigenvalue weighted by Crippen LogP contribution is -2.41. The predicted molar refractivity (Wildman–Crippen MR) is 87.5 cm³/mol. The maximum Gasteiger partial charge on any atom is 0.251 e. The molecule has 0 saturated carbocycles. The van der Waals surface area contributed by atoms with E-state index >= 15 is 0 Å². The summed E-state index contributed by atoms with van der Waals surface area (Å²) in [5.41, 5.74) is 0.633. The van der Waals surface area contributed by atoms with Gasteiger partial charge in [0.05, 0.1) is 0 Å². The molecular formula is C16H22N6O. The van der Waals surface area contributed by atoms with E-state index in [1.165, 1.54) is 0 Å². The summed E-state index contributed by atoms with van der Waals surface area (Å²) in [7, 11) is 3.82. The van der Waals surface area contributed by atoms with Crippen molar-refractivity contribution in [3.8, 4) is 0 Å². The average molecular weight is 314 g/mol. The van der Waals surface area contributed by atoms with Gasteiger partial charge in [-0.2, -0.15) is 0 Å². The molecule has 0 aliphatic carbocycles. The summed E-state index contributed by atoms with van der Waals surface area (Å²) in [6.07, 6.45) is 4.25. The number of aryl methyl sites for hydroxylation is 2. The Morgan fingerprint density at radius 3 is 3.00 bits per heavy atom. The Morgan fingerprint density at radius 1 is 1.43 bits per heavy atom. The Morgan fingerprint density at radius 2 is 2.26 bits per heavy atom. The molecule has 0 unspecified atom stereocenters. The fourth-order valence-electron chi connectivity index (χ4n) is 2.84. The number of fused-ring (bicyclic) bond motifs is 1. The first-order valence-corrected chi connectivity index (χ1v) is 7.93. The fraction of sp³-hybridized carbons (Fsp3) is 0.500. The number of pyridine rings is 1. The van der Waals surface area contributed by atoms with E-state index in [1.54, 1.807) is 18.3 Å². The number of aromatic nitrogens is 4. The molecule has 2 aromatic heterocycles. The largest absolute Gasteiger partial charge is 0.363 e. The van der Waals surface area contributed by atoms with Crippen LogP contribution < -0.4 is 10.2 Å². The second-order valence-corrected chi connectivity index (χ2v) is 6.00. The Balaban J connectivity index is 1.70. The first-order chi connectivity index (χ1) is 11.1. The Kier molecular flexibility index (Phi) is 4.27. The lowest BCUT2D eigenvalue weighted by Gasteiger charge is -2.25. The van der Waals surface area contributed by atoms with Crippen LogP contribution in [0.1, 0.15) is 35.4 Å². The minimum atomic E-state index is -0.0601. The molecule has 0 aromatic carbocycles. The van der Waals surface area contributed by atoms with Gasteiger partial charge in [-0.25, -0.2) is 4.98 Å². The van der Waals surface area contributed by atoms with Crippen LogP contribution in [0.3, 0.4) is 0 Å². The van der Waals surface area contributed by atoms with Gasteiger partial charge in [0.15, 0.2) is 0 Å². The van der Waals surface area contributed by atoms with Crippen molar-refractivity contribution in [3.63, 3.8) is 0 Å². The minimum Gasteiger partial charge on any atom is -0.363 e. The summed E-state index contributed by atoms with van der Waals surface area (Å²) >= 11 is 0. The standard InChI is InChI=1S/C16H22N6O/c1-4-13-19-20-14-6-5-12(10-22(13)14)18-16(23)11-7-8-17-15(9-11)21(2)3/h7-9,12H,4-6,10H2,1-3H3,(H,18,23)/t12-/m0/s1. The van der Waals surface area contributed by atoms with Crippen molar-refractivity contribution in [3.05, 3.63) is 35.5 Å². The van der Waals surface area contributed by atoms with E-state index in [-0.39, 0.29) is 11.9 Å². The van der Waals surface area contributed by atoms with Crippen molar-refractivity contribution in [1.29, 1.82) is 0 Å². The number of hydrogen-bond acceptors (Lipinski definition) is 5. The molecular weight excluding hydrogens is 292 g/mol. The second kappa shape index (κ2) is 6.36. The van der Waals surface area contributed by atoms with Crippen molar-refractivity contribution in [2.75, 3.05) is 19.0 Å². The minimum absolute atomic E-state index is 0.0601. The number of rotatable bonds is 4. The SMILES string of the molecule is CCc1nnc2n1C[C@@H](NC(=O)c1ccnc(N(C)C)c1)CC2. The topological polar surface area (TPSA) is 75.9 Å². The molecule has 7 heteroatoms. The lowest BCUT2D eigenvalue weighted by atomic mass is 10.1. The third kappa shape index (κ3) is 3.18. The number of nitrogens with zero attached hydrogens (tertiary/aromatic N) is 5. The molecule has 0 fully saturated rings. The summed E-state index contributed by atoms with van der Waals surface area (Å²) in [6, 6.07) is 3.65. The van der Waals surface area contributed by atoms with Crippen molar-refractivity contribution >= 4 is 11.7 Å². The number of carbonyl (C=O) groups is 1. The van der Waals surface area contributed by atoms with Gasteiger partial charge < -0.3 is 14.8 Å². The van der Waals surface area contributed by atoms with Crippen LogP contribution in [-0.4, -0.2) is 45.8 Å². The van der Waals surface area contributed by atoms with Crippen LogP contribution in [0.15, 0.2) is 18.3 Å². The number of nitrogens with one attached hydrogen (secondary N) is 1. The highest BCUT2D eigenvalue weighted by Gasteiger charge is 2.24. The van der Waals surface area contributed by atoms with Crippen LogP contribution in [0.4, 0.5) is 5.82 Å². The predicted octanol–water partition coefficient (Wildman–Crippen LogP) is 1.05. The zero-order valence-corrected chi connectivity index (χ0v) is 13.8. The Labute approximate surface area is 135 Å². The van der Waals surface area contributed by atoms with E-state index in [0.29, 0.717) is 5.56 Å². The molecule has 1 N–H and O–H groups in total. The van der Waals surface area contributed by atoms with Gasteiger partial charge in [-0.05, 0) is 18.6 Å². The molecule has 1 aliphatic heterocycles. The molecule has 0 spiro atoms. The highest BCUT2D eigenvalue weighted by atomic mass is 16.1. The second-order valence-electron chi connectivity index (χ2n) is 6.00. The molecule has 122 valence electrons. The molecule has 1 aliphatic rings. The molecule has 1 atom stereocenters. The molecule has 1 amide bonds. The number of hydrogen-bond donors (Lipinski definition) is 1. The quantitative estimate of drug-likeness (QED) is 0.913. The Bertz CT molecular complexity index is 695. The number of amides is 1. The summed E-state index contributed by atoms with van der Waals surface area (Å²) in [4.78, 5) is 18.6. The molecule has 0 saturated heterocycles. The molecule has 2 aromatic rings. The molecule has 23 heavy (non-hydrogen) atoms. The summed E-state index contributed by atoms with van der Waals surface area (Å²) in [5.74, 6) is 2.72. The molecule has 7 nitrogen and oxygen atoms in total. The van der Waals surface area contributed by atoms with E-state index in [9.17, 15) is 4.79 Å². The van der Waals surface area contributed by atoms with Crippen molar-refractivity contribution in [2.24, 2.45) is 0 Å². The van der Waals surface area contributed by atoms with Crippen molar-refractivity contribution in [1.82, 2.24) is 25.1 Å². The van der Waals surface area contributed by atoms with Crippen molar-refractivity contribution in [2.45, 2.75) is 38.8 Å². The molecule has 3 rings (SSSR count). The zero-order chi connectivity index (χ0) is 16.4. The number of anilines is 1. The fourth-order valence-corrected chi connectivity index (χ4v) is 2.84. The average Bonchev–Trinajstić information content (AvgIpc) is 2.97. The van der Waals surface area contributed by atoms with E-state index in [1.807, 2.05) is 19.0 Å². The maximum absolute atomic E-state index is 12.5. The molecule has 0 radical (unpaired) electrons. The van der Waals surface area contributed by atoms with Gasteiger partial charge in [-0.1, -0.05) is 6.92 Å². The normalized spacial score (nSPS) is 16.7.